The Morgan fingerprint density at radius 1 is 1.08 bits per heavy atom. The molecule has 0 atom stereocenters. The Morgan fingerprint density at radius 2 is 1.83 bits per heavy atom. The van der Waals surface area contributed by atoms with Crippen LogP contribution in [-0.4, -0.2) is 5.75 Å². The standard InChI is InChI=1S/C9H12S3/c1-2-10-12-11-8-9-6-4-3-5-7-9/h3-7H,2,8H2,1H3. The summed E-state index contributed by atoms with van der Waals surface area (Å²) >= 11 is 0. The minimum absolute atomic E-state index is 1.11. The molecule has 0 heterocycles. The van der Waals surface area contributed by atoms with Crippen LogP contribution in [0.3, 0.4) is 0 Å². The summed E-state index contributed by atoms with van der Waals surface area (Å²) in [6.07, 6.45) is 0. The summed E-state index contributed by atoms with van der Waals surface area (Å²) in [6, 6.07) is 10.6. The van der Waals surface area contributed by atoms with Crippen LogP contribution in [-0.2, 0) is 5.75 Å². The molecule has 0 aliphatic carbocycles. The van der Waals surface area contributed by atoms with Gasteiger partial charge in [0.2, 0.25) is 0 Å². The van der Waals surface area contributed by atoms with Crippen molar-refractivity contribution in [3.8, 4) is 0 Å². The lowest BCUT2D eigenvalue weighted by atomic mass is 10.2. The Morgan fingerprint density at radius 3 is 2.50 bits per heavy atom. The molecule has 0 unspecified atom stereocenters. The molecule has 0 N–H and O–H groups in total. The molecule has 0 amide bonds. The first kappa shape index (κ1) is 10.4. The average molecular weight is 216 g/mol. The van der Waals surface area contributed by atoms with E-state index < -0.39 is 0 Å². The van der Waals surface area contributed by atoms with Crippen molar-refractivity contribution in [2.75, 3.05) is 5.75 Å². The molecule has 12 heavy (non-hydrogen) atoms. The first-order valence-corrected chi connectivity index (χ1v) is 7.70. The highest BCUT2D eigenvalue weighted by Crippen LogP contribution is 2.36. The number of hydrogen-bond acceptors (Lipinski definition) is 3. The summed E-state index contributed by atoms with van der Waals surface area (Å²) in [7, 11) is 5.70. The molecule has 0 aliphatic heterocycles. The van der Waals surface area contributed by atoms with Gasteiger partial charge < -0.3 is 0 Å². The van der Waals surface area contributed by atoms with Gasteiger partial charge in [0.1, 0.15) is 0 Å². The van der Waals surface area contributed by atoms with Crippen molar-refractivity contribution in [3.05, 3.63) is 35.9 Å². The fraction of sp³-hybridized carbons (Fsp3) is 0.333. The third-order valence-corrected chi connectivity index (χ3v) is 5.53. The van der Waals surface area contributed by atoms with Crippen molar-refractivity contribution < 1.29 is 0 Å². The van der Waals surface area contributed by atoms with E-state index in [4.69, 9.17) is 0 Å². The van der Waals surface area contributed by atoms with Gasteiger partial charge in [0, 0.05) is 11.5 Å². The quantitative estimate of drug-likeness (QED) is 0.534. The van der Waals surface area contributed by atoms with Gasteiger partial charge in [0.25, 0.3) is 0 Å². The maximum absolute atomic E-state index is 2.18. The van der Waals surface area contributed by atoms with Crippen LogP contribution in [0.4, 0.5) is 0 Å². The fourth-order valence-corrected chi connectivity index (χ4v) is 4.25. The van der Waals surface area contributed by atoms with Crippen LogP contribution >= 0.6 is 31.4 Å². The van der Waals surface area contributed by atoms with Crippen molar-refractivity contribution in [2.24, 2.45) is 0 Å². The summed E-state index contributed by atoms with van der Waals surface area (Å²) in [4.78, 5) is 0. The van der Waals surface area contributed by atoms with E-state index in [-0.39, 0.29) is 0 Å². The predicted molar refractivity (Wildman–Crippen MR) is 63.5 cm³/mol. The van der Waals surface area contributed by atoms with Crippen LogP contribution in [0.15, 0.2) is 30.3 Å². The van der Waals surface area contributed by atoms with E-state index in [9.17, 15) is 0 Å². The predicted octanol–water partition coefficient (Wildman–Crippen LogP) is 4.24. The van der Waals surface area contributed by atoms with Crippen molar-refractivity contribution in [2.45, 2.75) is 12.7 Å². The molecule has 0 saturated carbocycles. The van der Waals surface area contributed by atoms with Gasteiger partial charge in [-0.15, -0.1) is 0 Å². The van der Waals surface area contributed by atoms with Crippen molar-refractivity contribution in [1.82, 2.24) is 0 Å². The Hall–Kier alpha value is 0.270. The summed E-state index contributed by atoms with van der Waals surface area (Å²) in [5.74, 6) is 2.30. The van der Waals surface area contributed by atoms with E-state index in [0.717, 1.165) is 5.75 Å². The van der Waals surface area contributed by atoms with Crippen LogP contribution in [0.5, 0.6) is 0 Å². The number of hydrogen-bond donors (Lipinski definition) is 0. The Labute approximate surface area is 85.7 Å². The van der Waals surface area contributed by atoms with E-state index in [1.807, 2.05) is 31.4 Å². The van der Waals surface area contributed by atoms with Crippen LogP contribution in [0.1, 0.15) is 12.5 Å². The molecule has 0 fully saturated rings. The third kappa shape index (κ3) is 4.33. The zero-order chi connectivity index (χ0) is 8.65. The van der Waals surface area contributed by atoms with Gasteiger partial charge in [-0.2, -0.15) is 0 Å². The highest BCUT2D eigenvalue weighted by Gasteiger charge is 1.91. The third-order valence-electron chi connectivity index (χ3n) is 1.28. The van der Waals surface area contributed by atoms with Gasteiger partial charge in [0.15, 0.2) is 0 Å². The molecule has 0 saturated heterocycles. The molecule has 0 aromatic heterocycles. The Kier molecular flexibility index (Phi) is 5.82. The number of benzene rings is 1. The summed E-state index contributed by atoms with van der Waals surface area (Å²) in [6.45, 7) is 2.18. The topological polar surface area (TPSA) is 0 Å². The minimum Gasteiger partial charge on any atom is -0.0828 e. The second-order valence-electron chi connectivity index (χ2n) is 2.22. The molecule has 1 aromatic rings. The lowest BCUT2D eigenvalue weighted by Gasteiger charge is -1.98. The normalized spacial score (nSPS) is 10.1. The molecular formula is C9H12S3. The van der Waals surface area contributed by atoms with Gasteiger partial charge in [-0.3, -0.25) is 0 Å². The molecule has 0 bridgehead atoms. The van der Waals surface area contributed by atoms with E-state index in [2.05, 4.69) is 37.3 Å². The van der Waals surface area contributed by atoms with E-state index in [1.165, 1.54) is 11.3 Å². The number of rotatable bonds is 5. The molecule has 0 spiro atoms. The monoisotopic (exact) mass is 216 g/mol. The molecule has 66 valence electrons. The average Bonchev–Trinajstić information content (AvgIpc) is 2.14. The lowest BCUT2D eigenvalue weighted by Crippen LogP contribution is -1.74. The summed E-state index contributed by atoms with van der Waals surface area (Å²) in [5.41, 5.74) is 1.41. The first-order valence-electron chi connectivity index (χ1n) is 3.88. The second kappa shape index (κ2) is 6.75. The van der Waals surface area contributed by atoms with Crippen LogP contribution in [0.2, 0.25) is 0 Å². The molecular weight excluding hydrogens is 204 g/mol. The maximum Gasteiger partial charge on any atom is 0.0296 e. The molecule has 0 nitrogen and oxygen atoms in total. The van der Waals surface area contributed by atoms with Gasteiger partial charge in [0.05, 0.1) is 0 Å². The van der Waals surface area contributed by atoms with Gasteiger partial charge in [-0.1, -0.05) is 58.8 Å². The summed E-state index contributed by atoms with van der Waals surface area (Å²) < 4.78 is 0. The second-order valence-corrected chi connectivity index (χ2v) is 6.74. The van der Waals surface area contributed by atoms with E-state index >= 15 is 0 Å². The van der Waals surface area contributed by atoms with E-state index in [1.54, 1.807) is 0 Å². The van der Waals surface area contributed by atoms with Crippen molar-refractivity contribution in [3.63, 3.8) is 0 Å². The smallest absolute Gasteiger partial charge is 0.0296 e. The molecule has 3 heteroatoms. The highest BCUT2D eigenvalue weighted by molar-refractivity contribution is 9.09. The van der Waals surface area contributed by atoms with Crippen molar-refractivity contribution in [1.29, 1.82) is 0 Å². The Balaban J connectivity index is 2.16. The SMILES string of the molecule is CCSSSCc1ccccc1. The Bertz CT molecular complexity index is 198. The zero-order valence-corrected chi connectivity index (χ0v) is 9.48. The molecule has 0 aliphatic rings. The van der Waals surface area contributed by atoms with Gasteiger partial charge in [-0.05, 0) is 15.4 Å². The van der Waals surface area contributed by atoms with Crippen LogP contribution in [0.25, 0.3) is 0 Å². The summed E-state index contributed by atoms with van der Waals surface area (Å²) in [5, 5.41) is 0. The molecule has 1 rings (SSSR count). The highest BCUT2D eigenvalue weighted by atomic mass is 33.5. The van der Waals surface area contributed by atoms with Crippen molar-refractivity contribution >= 4 is 31.4 Å². The van der Waals surface area contributed by atoms with Crippen LogP contribution in [0, 0.1) is 0 Å². The van der Waals surface area contributed by atoms with E-state index in [0.29, 0.717) is 0 Å². The minimum atomic E-state index is 1.11. The van der Waals surface area contributed by atoms with Crippen LogP contribution < -0.4 is 0 Å². The zero-order valence-electron chi connectivity index (χ0n) is 7.03. The fourth-order valence-electron chi connectivity index (χ4n) is 0.748. The maximum atomic E-state index is 2.18. The lowest BCUT2D eigenvalue weighted by molar-refractivity contribution is 1.43. The molecule has 0 radical (unpaired) electrons. The molecule has 1 aromatic carbocycles. The van der Waals surface area contributed by atoms with Gasteiger partial charge in [-0.25, -0.2) is 0 Å². The largest absolute Gasteiger partial charge is 0.0828 e. The van der Waals surface area contributed by atoms with Gasteiger partial charge >= 0.3 is 0 Å². The first-order chi connectivity index (χ1) is 5.93.